The molecule has 3 atom stereocenters. The minimum absolute atomic E-state index is 0.292. The molecule has 3 unspecified atom stereocenters. The molecular weight excluding hydrogens is 204 g/mol. The maximum Gasteiger partial charge on any atom is 0.322 e. The molecule has 1 saturated heterocycles. The number of hydrogen-bond donors (Lipinski definition) is 1. The molecule has 1 aliphatic heterocycles. The average molecular weight is 226 g/mol. The topological polar surface area (TPSA) is 55.6 Å². The van der Waals surface area contributed by atoms with E-state index in [1.54, 1.807) is 0 Å². The zero-order chi connectivity index (χ0) is 11.5. The predicted molar refractivity (Wildman–Crippen MR) is 61.9 cm³/mol. The van der Waals surface area contributed by atoms with Crippen LogP contribution >= 0.6 is 0 Å². The number of rotatable bonds is 4. The summed E-state index contributed by atoms with van der Waals surface area (Å²) in [7, 11) is 1.39. The monoisotopic (exact) mass is 226 g/mol. The van der Waals surface area contributed by atoms with Crippen LogP contribution in [0.3, 0.4) is 0 Å². The standard InChI is InChI=1S/C12H22N2O2/c1-16-12(15)11(13)5-6-14-7-9-3-2-4-10(9)8-14/h9-11H,2-8,13H2,1H3. The van der Waals surface area contributed by atoms with Crippen molar-refractivity contribution >= 4 is 5.97 Å². The van der Waals surface area contributed by atoms with Gasteiger partial charge >= 0.3 is 5.97 Å². The molecule has 1 saturated carbocycles. The minimum Gasteiger partial charge on any atom is -0.468 e. The van der Waals surface area contributed by atoms with E-state index in [1.165, 1.54) is 39.5 Å². The van der Waals surface area contributed by atoms with Crippen LogP contribution < -0.4 is 5.73 Å². The van der Waals surface area contributed by atoms with Gasteiger partial charge in [0.25, 0.3) is 0 Å². The number of methoxy groups -OCH3 is 1. The molecule has 0 aromatic heterocycles. The number of fused-ring (bicyclic) bond motifs is 1. The first kappa shape index (κ1) is 11.9. The van der Waals surface area contributed by atoms with Gasteiger partial charge in [0.2, 0.25) is 0 Å². The van der Waals surface area contributed by atoms with Crippen LogP contribution in [0.4, 0.5) is 0 Å². The molecular formula is C12H22N2O2. The van der Waals surface area contributed by atoms with Crippen molar-refractivity contribution in [2.24, 2.45) is 17.6 Å². The summed E-state index contributed by atoms with van der Waals surface area (Å²) in [6.07, 6.45) is 4.91. The number of hydrogen-bond acceptors (Lipinski definition) is 4. The molecule has 0 bridgehead atoms. The van der Waals surface area contributed by atoms with Crippen LogP contribution in [0.1, 0.15) is 25.7 Å². The highest BCUT2D eigenvalue weighted by Gasteiger charge is 2.35. The Balaban J connectivity index is 1.70. The molecule has 0 amide bonds. The fraction of sp³-hybridized carbons (Fsp3) is 0.917. The Hall–Kier alpha value is -0.610. The second-order valence-corrected chi connectivity index (χ2v) is 5.13. The molecule has 4 heteroatoms. The van der Waals surface area contributed by atoms with Crippen molar-refractivity contribution in [3.05, 3.63) is 0 Å². The molecule has 1 heterocycles. The lowest BCUT2D eigenvalue weighted by Gasteiger charge is -2.18. The van der Waals surface area contributed by atoms with Crippen molar-refractivity contribution in [1.82, 2.24) is 4.90 Å². The summed E-state index contributed by atoms with van der Waals surface area (Å²) in [6, 6.07) is -0.453. The van der Waals surface area contributed by atoms with Crippen LogP contribution in [0, 0.1) is 11.8 Å². The SMILES string of the molecule is COC(=O)C(N)CCN1CC2CCCC2C1. The summed E-state index contributed by atoms with van der Waals surface area (Å²) in [5.41, 5.74) is 5.72. The molecule has 4 nitrogen and oxygen atoms in total. The van der Waals surface area contributed by atoms with Gasteiger partial charge < -0.3 is 15.4 Å². The highest BCUT2D eigenvalue weighted by atomic mass is 16.5. The lowest BCUT2D eigenvalue weighted by atomic mass is 10.0. The Morgan fingerprint density at radius 1 is 1.44 bits per heavy atom. The van der Waals surface area contributed by atoms with Crippen molar-refractivity contribution in [2.75, 3.05) is 26.7 Å². The molecule has 2 fully saturated rings. The zero-order valence-electron chi connectivity index (χ0n) is 10.0. The van der Waals surface area contributed by atoms with Gasteiger partial charge in [0, 0.05) is 19.6 Å². The van der Waals surface area contributed by atoms with Crippen LogP contribution in [0.5, 0.6) is 0 Å². The number of carbonyl (C=O) groups excluding carboxylic acids is 1. The van der Waals surface area contributed by atoms with E-state index in [2.05, 4.69) is 9.64 Å². The summed E-state index contributed by atoms with van der Waals surface area (Å²) in [4.78, 5) is 13.6. The lowest BCUT2D eigenvalue weighted by molar-refractivity contribution is -0.142. The third kappa shape index (κ3) is 2.55. The van der Waals surface area contributed by atoms with E-state index in [9.17, 15) is 4.79 Å². The number of ether oxygens (including phenoxy) is 1. The molecule has 0 spiro atoms. The van der Waals surface area contributed by atoms with Crippen LogP contribution in [-0.2, 0) is 9.53 Å². The van der Waals surface area contributed by atoms with Gasteiger partial charge in [-0.15, -0.1) is 0 Å². The van der Waals surface area contributed by atoms with E-state index < -0.39 is 6.04 Å². The number of esters is 1. The maximum absolute atomic E-state index is 11.1. The first-order valence-electron chi connectivity index (χ1n) is 6.26. The molecule has 16 heavy (non-hydrogen) atoms. The largest absolute Gasteiger partial charge is 0.468 e. The molecule has 2 N–H and O–H groups in total. The Morgan fingerprint density at radius 3 is 2.62 bits per heavy atom. The first-order valence-corrected chi connectivity index (χ1v) is 6.26. The van der Waals surface area contributed by atoms with Gasteiger partial charge in [-0.05, 0) is 31.1 Å². The van der Waals surface area contributed by atoms with Crippen molar-refractivity contribution < 1.29 is 9.53 Å². The fourth-order valence-electron chi connectivity index (χ4n) is 3.11. The number of likely N-dealkylation sites (tertiary alicyclic amines) is 1. The summed E-state index contributed by atoms with van der Waals surface area (Å²) in [5, 5.41) is 0. The molecule has 92 valence electrons. The molecule has 0 aromatic carbocycles. The number of nitrogens with zero attached hydrogens (tertiary/aromatic N) is 1. The Labute approximate surface area is 97.1 Å². The lowest BCUT2D eigenvalue weighted by Crippen LogP contribution is -2.36. The van der Waals surface area contributed by atoms with Gasteiger partial charge in [-0.25, -0.2) is 0 Å². The average Bonchev–Trinajstić information content (AvgIpc) is 2.84. The van der Waals surface area contributed by atoms with Gasteiger partial charge in [0.05, 0.1) is 7.11 Å². The predicted octanol–water partition coefficient (Wildman–Crippen LogP) is 0.609. The Morgan fingerprint density at radius 2 is 2.06 bits per heavy atom. The molecule has 2 aliphatic rings. The molecule has 0 aromatic rings. The Bertz CT molecular complexity index is 245. The summed E-state index contributed by atoms with van der Waals surface area (Å²) < 4.78 is 4.62. The number of carbonyl (C=O) groups is 1. The minimum atomic E-state index is -0.453. The maximum atomic E-state index is 11.1. The molecule has 1 aliphatic carbocycles. The zero-order valence-corrected chi connectivity index (χ0v) is 10.0. The molecule has 2 rings (SSSR count). The van der Waals surface area contributed by atoms with Crippen LogP contribution in [0.25, 0.3) is 0 Å². The smallest absolute Gasteiger partial charge is 0.322 e. The molecule has 0 radical (unpaired) electrons. The number of nitrogens with two attached hydrogens (primary N) is 1. The quantitative estimate of drug-likeness (QED) is 0.714. The van der Waals surface area contributed by atoms with E-state index in [4.69, 9.17) is 5.73 Å². The third-order valence-electron chi connectivity index (χ3n) is 4.06. The Kier molecular flexibility index (Phi) is 3.82. The highest BCUT2D eigenvalue weighted by molar-refractivity contribution is 5.75. The summed E-state index contributed by atoms with van der Waals surface area (Å²) in [5.74, 6) is 1.53. The van der Waals surface area contributed by atoms with Crippen molar-refractivity contribution in [3.63, 3.8) is 0 Å². The van der Waals surface area contributed by atoms with Gasteiger partial charge in [-0.2, -0.15) is 0 Å². The van der Waals surface area contributed by atoms with Gasteiger partial charge in [-0.3, -0.25) is 4.79 Å². The van der Waals surface area contributed by atoms with Crippen molar-refractivity contribution in [1.29, 1.82) is 0 Å². The summed E-state index contributed by atoms with van der Waals surface area (Å²) >= 11 is 0. The fourth-order valence-corrected chi connectivity index (χ4v) is 3.11. The van der Waals surface area contributed by atoms with E-state index in [1.807, 2.05) is 0 Å². The van der Waals surface area contributed by atoms with Crippen molar-refractivity contribution in [2.45, 2.75) is 31.7 Å². The normalized spacial score (nSPS) is 31.4. The van der Waals surface area contributed by atoms with Crippen LogP contribution in [0.2, 0.25) is 0 Å². The van der Waals surface area contributed by atoms with Crippen molar-refractivity contribution in [3.8, 4) is 0 Å². The summed E-state index contributed by atoms with van der Waals surface area (Å²) in [6.45, 7) is 3.35. The van der Waals surface area contributed by atoms with Crippen LogP contribution in [0.15, 0.2) is 0 Å². The van der Waals surface area contributed by atoms with E-state index in [0.29, 0.717) is 6.42 Å². The van der Waals surface area contributed by atoms with Gasteiger partial charge in [0.1, 0.15) is 6.04 Å². The van der Waals surface area contributed by atoms with Gasteiger partial charge in [-0.1, -0.05) is 6.42 Å². The van der Waals surface area contributed by atoms with Crippen LogP contribution in [-0.4, -0.2) is 43.7 Å². The van der Waals surface area contributed by atoms with E-state index >= 15 is 0 Å². The van der Waals surface area contributed by atoms with Gasteiger partial charge in [0.15, 0.2) is 0 Å². The first-order chi connectivity index (χ1) is 7.70. The second kappa shape index (κ2) is 5.15. The van der Waals surface area contributed by atoms with E-state index in [-0.39, 0.29) is 5.97 Å². The van der Waals surface area contributed by atoms with E-state index in [0.717, 1.165) is 18.4 Å². The third-order valence-corrected chi connectivity index (χ3v) is 4.06. The highest BCUT2D eigenvalue weighted by Crippen LogP contribution is 2.37. The second-order valence-electron chi connectivity index (χ2n) is 5.13.